The topological polar surface area (TPSA) is 98.8 Å². The molecule has 0 fully saturated rings. The SMILES string of the molecule is CCOC(=O)c1c(-c2ccccc2)csc1NC(=O)c1cc2c(=O)c3ccccc3oc2o1. The molecule has 0 spiro atoms. The summed E-state index contributed by atoms with van der Waals surface area (Å²) in [6, 6.07) is 17.5. The van der Waals surface area contributed by atoms with Crippen molar-refractivity contribution in [3.8, 4) is 11.1 Å². The van der Waals surface area contributed by atoms with Crippen molar-refractivity contribution in [2.45, 2.75) is 6.92 Å². The number of rotatable bonds is 5. The number of esters is 1. The Balaban J connectivity index is 1.53. The fourth-order valence-corrected chi connectivity index (χ4v) is 4.51. The number of anilines is 1. The van der Waals surface area contributed by atoms with Gasteiger partial charge in [-0.3, -0.25) is 9.59 Å². The van der Waals surface area contributed by atoms with Crippen LogP contribution in [0.15, 0.2) is 79.7 Å². The highest BCUT2D eigenvalue weighted by Gasteiger charge is 2.25. The highest BCUT2D eigenvalue weighted by atomic mass is 32.1. The Labute approximate surface area is 191 Å². The van der Waals surface area contributed by atoms with Gasteiger partial charge in [-0.1, -0.05) is 42.5 Å². The van der Waals surface area contributed by atoms with Crippen molar-refractivity contribution in [1.82, 2.24) is 0 Å². The number of nitrogens with one attached hydrogen (secondary N) is 1. The summed E-state index contributed by atoms with van der Waals surface area (Å²) in [6.45, 7) is 1.91. The van der Waals surface area contributed by atoms with E-state index in [1.165, 1.54) is 17.4 Å². The number of furan rings is 1. The Hall–Kier alpha value is -4.17. The second-order valence-electron chi connectivity index (χ2n) is 7.13. The maximum atomic E-state index is 13.0. The molecule has 0 saturated carbocycles. The molecule has 5 aromatic rings. The monoisotopic (exact) mass is 459 g/mol. The van der Waals surface area contributed by atoms with Crippen LogP contribution < -0.4 is 10.7 Å². The molecule has 3 aromatic heterocycles. The molecule has 0 bridgehead atoms. The third-order valence-electron chi connectivity index (χ3n) is 5.08. The van der Waals surface area contributed by atoms with Crippen LogP contribution in [0.25, 0.3) is 33.3 Å². The van der Waals surface area contributed by atoms with Crippen LogP contribution in [0, 0.1) is 0 Å². The first-order valence-electron chi connectivity index (χ1n) is 10.2. The molecule has 1 N–H and O–H groups in total. The second-order valence-corrected chi connectivity index (χ2v) is 8.01. The van der Waals surface area contributed by atoms with Crippen LogP contribution in [0.4, 0.5) is 5.00 Å². The molecule has 0 atom stereocenters. The third-order valence-corrected chi connectivity index (χ3v) is 5.98. The molecule has 5 rings (SSSR count). The first-order valence-corrected chi connectivity index (χ1v) is 11.1. The van der Waals surface area contributed by atoms with Gasteiger partial charge in [-0.05, 0) is 24.6 Å². The lowest BCUT2D eigenvalue weighted by molar-refractivity contribution is 0.0529. The molecule has 0 aliphatic heterocycles. The molecule has 0 radical (unpaired) electrons. The highest BCUT2D eigenvalue weighted by molar-refractivity contribution is 7.15. The predicted octanol–water partition coefficient (Wildman–Crippen LogP) is 5.70. The summed E-state index contributed by atoms with van der Waals surface area (Å²) in [7, 11) is 0. The van der Waals surface area contributed by atoms with Crippen molar-refractivity contribution in [1.29, 1.82) is 0 Å². The summed E-state index contributed by atoms with van der Waals surface area (Å²) in [5.74, 6) is -1.30. The van der Waals surface area contributed by atoms with E-state index >= 15 is 0 Å². The van der Waals surface area contributed by atoms with E-state index in [9.17, 15) is 14.4 Å². The van der Waals surface area contributed by atoms with Crippen LogP contribution in [-0.4, -0.2) is 18.5 Å². The lowest BCUT2D eigenvalue weighted by atomic mass is 10.0. The summed E-state index contributed by atoms with van der Waals surface area (Å²) in [5, 5.41) is 5.39. The molecule has 2 aromatic carbocycles. The van der Waals surface area contributed by atoms with E-state index in [1.807, 2.05) is 30.3 Å². The summed E-state index contributed by atoms with van der Waals surface area (Å²) >= 11 is 1.20. The predicted molar refractivity (Wildman–Crippen MR) is 126 cm³/mol. The van der Waals surface area contributed by atoms with Gasteiger partial charge in [0.2, 0.25) is 5.43 Å². The number of carbonyl (C=O) groups excluding carboxylic acids is 2. The zero-order valence-electron chi connectivity index (χ0n) is 17.4. The van der Waals surface area contributed by atoms with Crippen molar-refractivity contribution < 1.29 is 23.2 Å². The number of hydrogen-bond donors (Lipinski definition) is 1. The minimum Gasteiger partial charge on any atom is -0.462 e. The van der Waals surface area contributed by atoms with Crippen LogP contribution in [0.5, 0.6) is 0 Å². The van der Waals surface area contributed by atoms with Crippen molar-refractivity contribution >= 4 is 50.3 Å². The van der Waals surface area contributed by atoms with Crippen molar-refractivity contribution in [3.63, 3.8) is 0 Å². The highest BCUT2D eigenvalue weighted by Crippen LogP contribution is 2.36. The average molecular weight is 459 g/mol. The zero-order valence-corrected chi connectivity index (χ0v) is 18.2. The number of para-hydroxylation sites is 1. The Bertz CT molecular complexity index is 1560. The zero-order chi connectivity index (χ0) is 22.9. The lowest BCUT2D eigenvalue weighted by Crippen LogP contribution is -2.14. The van der Waals surface area contributed by atoms with Crippen molar-refractivity contribution in [2.24, 2.45) is 0 Å². The van der Waals surface area contributed by atoms with Gasteiger partial charge in [0, 0.05) is 17.0 Å². The smallest absolute Gasteiger partial charge is 0.341 e. The largest absolute Gasteiger partial charge is 0.462 e. The van der Waals surface area contributed by atoms with E-state index in [0.717, 1.165) is 5.56 Å². The molecule has 7 nitrogen and oxygen atoms in total. The van der Waals surface area contributed by atoms with Crippen LogP contribution in [-0.2, 0) is 4.74 Å². The number of amides is 1. The Morgan fingerprint density at radius 3 is 2.55 bits per heavy atom. The van der Waals surface area contributed by atoms with E-state index in [2.05, 4.69) is 5.32 Å². The number of hydrogen-bond acceptors (Lipinski definition) is 7. The lowest BCUT2D eigenvalue weighted by Gasteiger charge is -2.08. The maximum Gasteiger partial charge on any atom is 0.341 e. The van der Waals surface area contributed by atoms with Gasteiger partial charge in [0.15, 0.2) is 5.76 Å². The van der Waals surface area contributed by atoms with Gasteiger partial charge in [-0.2, -0.15) is 0 Å². The van der Waals surface area contributed by atoms with Gasteiger partial charge in [0.25, 0.3) is 5.91 Å². The normalized spacial score (nSPS) is 11.1. The van der Waals surface area contributed by atoms with Gasteiger partial charge < -0.3 is 18.9 Å². The Morgan fingerprint density at radius 2 is 1.76 bits per heavy atom. The molecule has 1 amide bonds. The molecule has 0 aliphatic carbocycles. The Morgan fingerprint density at radius 1 is 1.00 bits per heavy atom. The number of carbonyl (C=O) groups is 2. The molecular weight excluding hydrogens is 442 g/mol. The number of benzene rings is 2. The van der Waals surface area contributed by atoms with Gasteiger partial charge in [-0.15, -0.1) is 11.3 Å². The first-order chi connectivity index (χ1) is 16.1. The first kappa shape index (κ1) is 20.7. The van der Waals surface area contributed by atoms with Gasteiger partial charge >= 0.3 is 11.7 Å². The van der Waals surface area contributed by atoms with Crippen LogP contribution >= 0.6 is 11.3 Å². The molecule has 164 valence electrons. The van der Waals surface area contributed by atoms with Crippen LogP contribution in [0.3, 0.4) is 0 Å². The fourth-order valence-electron chi connectivity index (χ4n) is 3.56. The third kappa shape index (κ3) is 3.70. The van der Waals surface area contributed by atoms with Crippen LogP contribution in [0.2, 0.25) is 0 Å². The number of ether oxygens (including phenoxy) is 1. The van der Waals surface area contributed by atoms with E-state index in [-0.39, 0.29) is 34.5 Å². The van der Waals surface area contributed by atoms with E-state index in [4.69, 9.17) is 13.6 Å². The van der Waals surface area contributed by atoms with E-state index < -0.39 is 11.9 Å². The fraction of sp³-hybridized carbons (Fsp3) is 0.0800. The van der Waals surface area contributed by atoms with Gasteiger partial charge in [-0.25, -0.2) is 4.79 Å². The quantitative estimate of drug-likeness (QED) is 0.339. The molecule has 33 heavy (non-hydrogen) atoms. The second kappa shape index (κ2) is 8.40. The number of fused-ring (bicyclic) bond motifs is 2. The standard InChI is InChI=1S/C25H17NO6S/c1-2-30-24(29)20-17(14-8-4-3-5-9-14)13-33-23(20)26-22(28)19-12-16-21(27)15-10-6-7-11-18(15)31-25(16)32-19/h3-13H,2H2,1H3,(H,26,28). The molecule has 0 unspecified atom stereocenters. The van der Waals surface area contributed by atoms with Crippen molar-refractivity contribution in [2.75, 3.05) is 11.9 Å². The molecule has 0 saturated heterocycles. The molecule has 3 heterocycles. The van der Waals surface area contributed by atoms with E-state index in [1.54, 1.807) is 36.6 Å². The number of thiophene rings is 1. The summed E-state index contributed by atoms with van der Waals surface area (Å²) in [4.78, 5) is 38.4. The van der Waals surface area contributed by atoms with Gasteiger partial charge in [0.1, 0.15) is 21.5 Å². The molecule has 0 aliphatic rings. The maximum absolute atomic E-state index is 13.0. The molecular formula is C25H17NO6S. The summed E-state index contributed by atoms with van der Waals surface area (Å²) in [5.41, 5.74) is 1.82. The minimum atomic E-state index is -0.614. The van der Waals surface area contributed by atoms with Crippen molar-refractivity contribution in [3.05, 3.63) is 87.6 Å². The minimum absolute atomic E-state index is 0.0365. The summed E-state index contributed by atoms with van der Waals surface area (Å²) in [6.07, 6.45) is 0. The average Bonchev–Trinajstić information content (AvgIpc) is 3.45. The summed E-state index contributed by atoms with van der Waals surface area (Å²) < 4.78 is 16.4. The van der Waals surface area contributed by atoms with Crippen LogP contribution in [0.1, 0.15) is 27.8 Å². The van der Waals surface area contributed by atoms with E-state index in [0.29, 0.717) is 21.5 Å². The van der Waals surface area contributed by atoms with Gasteiger partial charge in [0.05, 0.1) is 12.0 Å². The molecule has 8 heteroatoms. The Kier molecular flexibility index (Phi) is 5.27.